The van der Waals surface area contributed by atoms with Crippen LogP contribution in [0.2, 0.25) is 0 Å². The molecule has 0 fully saturated rings. The number of carbonyl (C=O) groups is 2. The molecule has 2 aromatic carbocycles. The molecule has 0 aliphatic carbocycles. The van der Waals surface area contributed by atoms with Crippen molar-refractivity contribution in [2.24, 2.45) is 0 Å². The van der Waals surface area contributed by atoms with Crippen molar-refractivity contribution in [3.63, 3.8) is 0 Å². The molecule has 30 heavy (non-hydrogen) atoms. The molecule has 0 unspecified atom stereocenters. The van der Waals surface area contributed by atoms with Crippen LogP contribution >= 0.6 is 11.3 Å². The van der Waals surface area contributed by atoms with Crippen LogP contribution in [0.5, 0.6) is 5.75 Å². The number of rotatable bonds is 7. The summed E-state index contributed by atoms with van der Waals surface area (Å²) in [6.07, 6.45) is 0.543. The van der Waals surface area contributed by atoms with Gasteiger partial charge in [0.05, 0.1) is 12.7 Å². The molecule has 0 aliphatic heterocycles. The second-order valence-corrected chi connectivity index (χ2v) is 8.02. The zero-order valence-corrected chi connectivity index (χ0v) is 18.2. The molecule has 0 saturated heterocycles. The lowest BCUT2D eigenvalue weighted by Crippen LogP contribution is -2.13. The van der Waals surface area contributed by atoms with Crippen LogP contribution in [0.4, 0.5) is 10.1 Å². The van der Waals surface area contributed by atoms with Crippen LogP contribution in [0.15, 0.2) is 36.4 Å². The van der Waals surface area contributed by atoms with Gasteiger partial charge in [-0.15, -0.1) is 11.3 Å². The molecule has 158 valence electrons. The second kappa shape index (κ2) is 9.26. The van der Waals surface area contributed by atoms with Crippen molar-refractivity contribution in [2.75, 3.05) is 11.9 Å². The first-order valence-corrected chi connectivity index (χ1v) is 10.7. The highest BCUT2D eigenvalue weighted by Gasteiger charge is 2.23. The lowest BCUT2D eigenvalue weighted by atomic mass is 10.1. The number of amides is 1. The van der Waals surface area contributed by atoms with Crippen LogP contribution in [0, 0.1) is 5.82 Å². The number of esters is 1. The molecule has 1 N–H and O–H groups in total. The maximum absolute atomic E-state index is 13.2. The number of carbonyl (C=O) groups excluding carboxylic acids is 2. The third-order valence-corrected chi connectivity index (χ3v) is 5.53. The van der Waals surface area contributed by atoms with Gasteiger partial charge in [-0.25, -0.2) is 9.18 Å². The molecule has 3 rings (SSSR count). The van der Waals surface area contributed by atoms with Crippen molar-refractivity contribution in [2.45, 2.75) is 40.2 Å². The van der Waals surface area contributed by atoms with Gasteiger partial charge in [-0.05, 0) is 69.2 Å². The zero-order chi connectivity index (χ0) is 21.8. The van der Waals surface area contributed by atoms with E-state index in [2.05, 4.69) is 5.32 Å². The summed E-state index contributed by atoms with van der Waals surface area (Å²) >= 11 is 1.32. The molecular weight excluding hydrogens is 405 g/mol. The predicted molar refractivity (Wildman–Crippen MR) is 117 cm³/mol. The van der Waals surface area contributed by atoms with Crippen LogP contribution in [0.3, 0.4) is 0 Å². The highest BCUT2D eigenvalue weighted by Crippen LogP contribution is 2.41. The molecule has 0 spiro atoms. The van der Waals surface area contributed by atoms with Crippen LogP contribution in [-0.4, -0.2) is 24.6 Å². The Balaban J connectivity index is 2.06. The Morgan fingerprint density at radius 3 is 2.43 bits per heavy atom. The first kappa shape index (κ1) is 21.8. The monoisotopic (exact) mass is 429 g/mol. The molecule has 0 bridgehead atoms. The largest absolute Gasteiger partial charge is 0.489 e. The number of nitrogens with one attached hydrogen (secondary N) is 1. The van der Waals surface area contributed by atoms with Gasteiger partial charge in [-0.1, -0.05) is 6.92 Å². The standard InChI is InChI=1S/C23H24FNO4S/c1-5-14-11-19-17(20(29-13(3)4)21(30-19)23(27)28-6-2)12-18(14)25-22(26)15-7-9-16(24)10-8-15/h7-13H,5-6H2,1-4H3,(H,25,26). The quantitative estimate of drug-likeness (QED) is 0.481. The molecule has 0 radical (unpaired) electrons. The van der Waals surface area contributed by atoms with Gasteiger partial charge in [-0.2, -0.15) is 0 Å². The lowest BCUT2D eigenvalue weighted by Gasteiger charge is -2.13. The van der Waals surface area contributed by atoms with E-state index in [1.807, 2.05) is 32.9 Å². The van der Waals surface area contributed by atoms with Crippen molar-refractivity contribution in [1.82, 2.24) is 0 Å². The number of ether oxygens (including phenoxy) is 2. The summed E-state index contributed by atoms with van der Waals surface area (Å²) in [4.78, 5) is 25.5. The Morgan fingerprint density at radius 1 is 1.13 bits per heavy atom. The topological polar surface area (TPSA) is 64.6 Å². The van der Waals surface area contributed by atoms with Gasteiger partial charge in [0, 0.05) is 21.3 Å². The predicted octanol–water partition coefficient (Wildman–Crippen LogP) is 5.82. The molecule has 5 nitrogen and oxygen atoms in total. The van der Waals surface area contributed by atoms with E-state index in [4.69, 9.17) is 9.47 Å². The van der Waals surface area contributed by atoms with Crippen LogP contribution in [0.25, 0.3) is 10.1 Å². The van der Waals surface area contributed by atoms with Gasteiger partial charge in [0.1, 0.15) is 5.82 Å². The van der Waals surface area contributed by atoms with Gasteiger partial charge in [-0.3, -0.25) is 4.79 Å². The Labute approximate surface area is 178 Å². The molecule has 1 amide bonds. The minimum atomic E-state index is -0.427. The van der Waals surface area contributed by atoms with Gasteiger partial charge in [0.25, 0.3) is 5.91 Å². The summed E-state index contributed by atoms with van der Waals surface area (Å²) in [5, 5.41) is 3.64. The number of fused-ring (bicyclic) bond motifs is 1. The van der Waals surface area contributed by atoms with Crippen molar-refractivity contribution in [3.05, 3.63) is 58.2 Å². The first-order chi connectivity index (χ1) is 14.3. The average molecular weight is 430 g/mol. The van der Waals surface area contributed by atoms with E-state index >= 15 is 0 Å². The number of aryl methyl sites for hydroxylation is 1. The minimum absolute atomic E-state index is 0.140. The highest BCUT2D eigenvalue weighted by molar-refractivity contribution is 7.21. The SMILES string of the molecule is CCOC(=O)c1sc2cc(CC)c(NC(=O)c3ccc(F)cc3)cc2c1OC(C)C. The van der Waals surface area contributed by atoms with E-state index in [0.29, 0.717) is 28.3 Å². The van der Waals surface area contributed by atoms with Crippen LogP contribution in [-0.2, 0) is 11.2 Å². The Hall–Kier alpha value is -2.93. The van der Waals surface area contributed by atoms with Crippen molar-refractivity contribution < 1.29 is 23.5 Å². The molecule has 0 aliphatic rings. The van der Waals surface area contributed by atoms with E-state index in [0.717, 1.165) is 15.6 Å². The van der Waals surface area contributed by atoms with Gasteiger partial charge in [0.15, 0.2) is 10.6 Å². The van der Waals surface area contributed by atoms with Crippen molar-refractivity contribution in [1.29, 1.82) is 0 Å². The summed E-state index contributed by atoms with van der Waals surface area (Å²) in [5.74, 6) is -0.702. The van der Waals surface area contributed by atoms with E-state index in [1.54, 1.807) is 6.92 Å². The zero-order valence-electron chi connectivity index (χ0n) is 17.4. The lowest BCUT2D eigenvalue weighted by molar-refractivity contribution is 0.0526. The first-order valence-electron chi connectivity index (χ1n) is 9.84. The summed E-state index contributed by atoms with van der Waals surface area (Å²) < 4.78 is 25.2. The minimum Gasteiger partial charge on any atom is -0.489 e. The number of hydrogen-bond donors (Lipinski definition) is 1. The third-order valence-electron chi connectivity index (χ3n) is 4.42. The number of thiophene rings is 1. The molecule has 1 aromatic heterocycles. The highest BCUT2D eigenvalue weighted by atomic mass is 32.1. The third kappa shape index (κ3) is 4.62. The second-order valence-electron chi connectivity index (χ2n) is 6.97. The molecule has 0 saturated carbocycles. The number of halogens is 1. The normalized spacial score (nSPS) is 11.0. The van der Waals surface area contributed by atoms with Gasteiger partial charge in [0.2, 0.25) is 0 Å². The maximum atomic E-state index is 13.2. The van der Waals surface area contributed by atoms with E-state index in [1.165, 1.54) is 35.6 Å². The summed E-state index contributed by atoms with van der Waals surface area (Å²) in [6, 6.07) is 9.15. The smallest absolute Gasteiger partial charge is 0.352 e. The number of benzene rings is 2. The van der Waals surface area contributed by atoms with E-state index < -0.39 is 11.8 Å². The summed E-state index contributed by atoms with van der Waals surface area (Å²) in [7, 11) is 0. The summed E-state index contributed by atoms with van der Waals surface area (Å²) in [6.45, 7) is 7.78. The van der Waals surface area contributed by atoms with Crippen LogP contribution in [0.1, 0.15) is 53.3 Å². The number of anilines is 1. The van der Waals surface area contributed by atoms with Crippen LogP contribution < -0.4 is 10.1 Å². The molecule has 7 heteroatoms. The average Bonchev–Trinajstić information content (AvgIpc) is 3.05. The Morgan fingerprint density at radius 2 is 1.83 bits per heavy atom. The fraction of sp³-hybridized carbons (Fsp3) is 0.304. The van der Waals surface area contributed by atoms with Gasteiger partial charge >= 0.3 is 5.97 Å². The van der Waals surface area contributed by atoms with Gasteiger partial charge < -0.3 is 14.8 Å². The summed E-state index contributed by atoms with van der Waals surface area (Å²) in [5.41, 5.74) is 1.90. The maximum Gasteiger partial charge on any atom is 0.352 e. The number of hydrogen-bond acceptors (Lipinski definition) is 5. The molecule has 3 aromatic rings. The fourth-order valence-electron chi connectivity index (χ4n) is 3.05. The molecule has 1 heterocycles. The Bertz CT molecular complexity index is 1070. The van der Waals surface area contributed by atoms with E-state index in [-0.39, 0.29) is 18.6 Å². The van der Waals surface area contributed by atoms with Crippen molar-refractivity contribution in [3.8, 4) is 5.75 Å². The van der Waals surface area contributed by atoms with E-state index in [9.17, 15) is 14.0 Å². The molecule has 0 atom stereocenters. The van der Waals surface area contributed by atoms with Crippen molar-refractivity contribution >= 4 is 39.0 Å². The Kier molecular flexibility index (Phi) is 6.72. The molecular formula is C23H24FNO4S. The fourth-order valence-corrected chi connectivity index (χ4v) is 4.13.